The third-order valence-electron chi connectivity index (χ3n) is 1.16. The summed E-state index contributed by atoms with van der Waals surface area (Å²) in [5.74, 6) is -1.69. The van der Waals surface area contributed by atoms with Crippen LogP contribution < -0.4 is 5.11 Å². The van der Waals surface area contributed by atoms with Gasteiger partial charge < -0.3 is 9.90 Å². The van der Waals surface area contributed by atoms with E-state index in [9.17, 15) is 14.7 Å². The van der Waals surface area contributed by atoms with Crippen molar-refractivity contribution >= 4 is 27.0 Å². The Balaban J connectivity index is 0. The van der Waals surface area contributed by atoms with Gasteiger partial charge in [-0.05, 0) is 6.92 Å². The fourth-order valence-corrected chi connectivity index (χ4v) is 2.51. The number of carbonyl (C=O) groups excluding carboxylic acids is 2. The molecule has 14 heavy (non-hydrogen) atoms. The van der Waals surface area contributed by atoms with Crippen molar-refractivity contribution in [3.05, 3.63) is 0 Å². The van der Waals surface area contributed by atoms with Crippen molar-refractivity contribution in [1.82, 2.24) is 0 Å². The molecule has 0 bridgehead atoms. The molecule has 0 aromatic carbocycles. The first-order chi connectivity index (χ1) is 6.25. The molecule has 0 fully saturated rings. The summed E-state index contributed by atoms with van der Waals surface area (Å²) in [7, 11) is 0. The zero-order valence-electron chi connectivity index (χ0n) is 9.66. The molecule has 0 aliphatic heterocycles. The van der Waals surface area contributed by atoms with Gasteiger partial charge in [0, 0.05) is 12.4 Å². The Hall–Kier alpha value is -0.328. The van der Waals surface area contributed by atoms with Crippen LogP contribution in [0.3, 0.4) is 0 Å². The fraction of sp³-hybridized carbons (Fsp3) is 0.800. The third kappa shape index (κ3) is 22.6. The van der Waals surface area contributed by atoms with Crippen LogP contribution in [0.5, 0.6) is 0 Å². The van der Waals surface area contributed by atoms with E-state index in [-0.39, 0.29) is 5.78 Å². The van der Waals surface area contributed by atoms with Crippen molar-refractivity contribution in [2.75, 3.05) is 0 Å². The Morgan fingerprint density at radius 2 is 1.50 bits per heavy atom. The molecule has 0 heterocycles. The monoisotopic (exact) mass is 214 g/mol. The molecule has 0 aliphatic carbocycles. The first-order valence-electron chi connectivity index (χ1n) is 4.80. The normalized spacial score (nSPS) is 9.07. The zero-order valence-corrected chi connectivity index (χ0v) is 10.8. The summed E-state index contributed by atoms with van der Waals surface area (Å²) in [5, 5.41) is 9.48. The molecule has 0 atom stereocenters. The summed E-state index contributed by atoms with van der Waals surface area (Å²) in [6.45, 7) is 10.4. The second-order valence-electron chi connectivity index (χ2n) is 3.93. The standard InChI is InChI=1S/C4H6O3.2C3H7.Al/c1-3(5)2-4(6)7;2*1-3-2;/h2H2,1H3,(H,6,7);2*3H,1-2H3;/q;;;+1/p-1. The Morgan fingerprint density at radius 3 is 1.50 bits per heavy atom. The molecule has 0 N–H and O–H groups in total. The van der Waals surface area contributed by atoms with Crippen LogP contribution in [0, 0.1) is 0 Å². The maximum atomic E-state index is 9.83. The van der Waals surface area contributed by atoms with Gasteiger partial charge in [0.15, 0.2) is 0 Å². The molecule has 0 amide bonds. The third-order valence-corrected chi connectivity index (χ3v) is 2.70. The summed E-state index contributed by atoms with van der Waals surface area (Å²) < 4.78 is 1.92. The fourth-order valence-electron chi connectivity index (χ4n) is 0.973. The van der Waals surface area contributed by atoms with E-state index in [1.54, 1.807) is 0 Å². The van der Waals surface area contributed by atoms with Gasteiger partial charge in [0.1, 0.15) is 5.78 Å². The Bertz CT molecular complexity index is 158. The molecule has 0 spiro atoms. The molecule has 0 aliphatic rings. The maximum absolute atomic E-state index is 9.83. The van der Waals surface area contributed by atoms with E-state index in [1.165, 1.54) is 6.92 Å². The Morgan fingerprint density at radius 1 is 1.14 bits per heavy atom. The number of carboxylic acids is 1. The van der Waals surface area contributed by atoms with Crippen LogP contribution in [-0.4, -0.2) is 27.0 Å². The first-order valence-corrected chi connectivity index (χ1v) is 6.13. The number of aliphatic carboxylic acids is 1. The van der Waals surface area contributed by atoms with Crippen molar-refractivity contribution in [3.8, 4) is 0 Å². The van der Waals surface area contributed by atoms with Gasteiger partial charge in [-0.3, -0.25) is 4.79 Å². The van der Waals surface area contributed by atoms with Gasteiger partial charge in [-0.2, -0.15) is 0 Å². The molecule has 0 saturated heterocycles. The van der Waals surface area contributed by atoms with Gasteiger partial charge >= 0.3 is 52.5 Å². The molecule has 0 rings (SSSR count). The quantitative estimate of drug-likeness (QED) is 0.519. The van der Waals surface area contributed by atoms with Gasteiger partial charge in [0.2, 0.25) is 0 Å². The minimum absolute atomic E-state index is 0.375. The molecule has 0 aromatic rings. The average Bonchev–Trinajstić information content (AvgIpc) is 1.79. The van der Waals surface area contributed by atoms with E-state index < -0.39 is 12.4 Å². The average molecular weight is 214 g/mol. The molecular formula is C10H19AlO3. The molecule has 0 radical (unpaired) electrons. The molecular weight excluding hydrogens is 195 g/mol. The number of carboxylic acid groups (broad SMARTS) is 1. The zero-order chi connectivity index (χ0) is 11.7. The van der Waals surface area contributed by atoms with Gasteiger partial charge in [-0.1, -0.05) is 0 Å². The summed E-state index contributed by atoms with van der Waals surface area (Å²) in [4.78, 5) is 19.3. The van der Waals surface area contributed by atoms with E-state index in [4.69, 9.17) is 0 Å². The van der Waals surface area contributed by atoms with Gasteiger partial charge in [0.05, 0.1) is 0 Å². The molecule has 0 aromatic heterocycles. The number of Topliss-reactive ketones (excluding diaryl/α,β-unsaturated/α-hetero) is 1. The van der Waals surface area contributed by atoms with Gasteiger partial charge in [0.25, 0.3) is 0 Å². The number of hydrogen-bond acceptors (Lipinski definition) is 3. The molecule has 4 heteroatoms. The molecule has 80 valence electrons. The van der Waals surface area contributed by atoms with Crippen LogP contribution >= 0.6 is 0 Å². The summed E-state index contributed by atoms with van der Waals surface area (Å²) in [5.41, 5.74) is 0. The van der Waals surface area contributed by atoms with Crippen LogP contribution in [0.1, 0.15) is 41.0 Å². The number of ketones is 1. The van der Waals surface area contributed by atoms with Crippen LogP contribution in [0.15, 0.2) is 0 Å². The van der Waals surface area contributed by atoms with Gasteiger partial charge in [-0.25, -0.2) is 0 Å². The molecule has 3 nitrogen and oxygen atoms in total. The van der Waals surface area contributed by atoms with E-state index in [0.29, 0.717) is 15.2 Å². The summed E-state index contributed by atoms with van der Waals surface area (Å²) in [6.07, 6.45) is -0.472. The predicted octanol–water partition coefficient (Wildman–Crippen LogP) is 1.06. The topological polar surface area (TPSA) is 57.2 Å². The Labute approximate surface area is 92.6 Å². The van der Waals surface area contributed by atoms with Crippen LogP contribution in [0.4, 0.5) is 0 Å². The number of rotatable bonds is 4. The molecule has 0 saturated carbocycles. The molecule has 0 unspecified atom stereocenters. The van der Waals surface area contributed by atoms with Crippen LogP contribution in [0.25, 0.3) is 0 Å². The van der Waals surface area contributed by atoms with E-state index in [2.05, 4.69) is 27.7 Å². The van der Waals surface area contributed by atoms with Crippen molar-refractivity contribution < 1.29 is 14.7 Å². The van der Waals surface area contributed by atoms with Gasteiger partial charge in [-0.15, -0.1) is 0 Å². The summed E-state index contributed by atoms with van der Waals surface area (Å²) >= 11 is 0.713. The van der Waals surface area contributed by atoms with E-state index in [0.717, 1.165) is 9.56 Å². The van der Waals surface area contributed by atoms with E-state index in [1.807, 2.05) is 0 Å². The van der Waals surface area contributed by atoms with Crippen LogP contribution in [-0.2, 0) is 9.59 Å². The van der Waals surface area contributed by atoms with Crippen molar-refractivity contribution in [2.45, 2.75) is 50.6 Å². The first kappa shape index (κ1) is 16.1. The number of carbonyl (C=O) groups is 2. The second-order valence-corrected chi connectivity index (χ2v) is 6.98. The predicted molar refractivity (Wildman–Crippen MR) is 56.3 cm³/mol. The minimum atomic E-state index is -1.31. The van der Waals surface area contributed by atoms with Crippen LogP contribution in [0.2, 0.25) is 9.56 Å². The SMILES string of the molecule is CC(=O)CC(=O)[O-].C[CH](C)[Al+][CH](C)C. The Kier molecular flexibility index (Phi) is 10.6. The van der Waals surface area contributed by atoms with Crippen molar-refractivity contribution in [3.63, 3.8) is 0 Å². The second kappa shape index (κ2) is 9.24. The van der Waals surface area contributed by atoms with E-state index >= 15 is 0 Å². The summed E-state index contributed by atoms with van der Waals surface area (Å²) in [6, 6.07) is 0. The number of hydrogen-bond donors (Lipinski definition) is 0. The van der Waals surface area contributed by atoms with Crippen molar-refractivity contribution in [1.29, 1.82) is 0 Å². The van der Waals surface area contributed by atoms with Crippen molar-refractivity contribution in [2.24, 2.45) is 0 Å².